The molecule has 1 fully saturated rings. The second kappa shape index (κ2) is 7.36. The van der Waals surface area contributed by atoms with Gasteiger partial charge in [0.25, 0.3) is 0 Å². The highest BCUT2D eigenvalue weighted by Gasteiger charge is 2.22. The van der Waals surface area contributed by atoms with E-state index in [1.165, 1.54) is 0 Å². The Morgan fingerprint density at radius 1 is 1.43 bits per heavy atom. The van der Waals surface area contributed by atoms with Crippen molar-refractivity contribution in [1.82, 2.24) is 10.2 Å². The molecule has 0 aromatic heterocycles. The van der Waals surface area contributed by atoms with Gasteiger partial charge in [0.05, 0.1) is 0 Å². The van der Waals surface area contributed by atoms with Crippen LogP contribution in [0.5, 0.6) is 0 Å². The van der Waals surface area contributed by atoms with E-state index in [1.807, 2.05) is 0 Å². The predicted octanol–water partition coefficient (Wildman–Crippen LogP) is 1.92. The number of halogens is 2. The van der Waals surface area contributed by atoms with Gasteiger partial charge >= 0.3 is 6.03 Å². The van der Waals surface area contributed by atoms with Crippen molar-refractivity contribution < 1.29 is 18.7 Å². The van der Waals surface area contributed by atoms with Gasteiger partial charge in [0.1, 0.15) is 11.6 Å². The minimum Gasteiger partial charge on any atom is -0.396 e. The van der Waals surface area contributed by atoms with E-state index in [0.717, 1.165) is 31.0 Å². The fourth-order valence-corrected chi connectivity index (χ4v) is 2.55. The molecule has 1 saturated heterocycles. The van der Waals surface area contributed by atoms with Gasteiger partial charge in [0.15, 0.2) is 0 Å². The van der Waals surface area contributed by atoms with Crippen molar-refractivity contribution in [2.24, 2.45) is 5.92 Å². The fraction of sp³-hybridized carbons (Fsp3) is 0.533. The zero-order valence-electron chi connectivity index (χ0n) is 11.8. The molecule has 0 aliphatic carbocycles. The van der Waals surface area contributed by atoms with Crippen LogP contribution in [0.2, 0.25) is 0 Å². The molecule has 0 saturated carbocycles. The summed E-state index contributed by atoms with van der Waals surface area (Å²) in [5.74, 6) is -0.825. The lowest BCUT2D eigenvalue weighted by molar-refractivity contribution is 0.129. The van der Waals surface area contributed by atoms with Gasteiger partial charge in [-0.05, 0) is 48.9 Å². The van der Waals surface area contributed by atoms with Crippen molar-refractivity contribution in [3.05, 3.63) is 35.4 Å². The highest BCUT2D eigenvalue weighted by atomic mass is 19.1. The average molecular weight is 298 g/mol. The zero-order valence-corrected chi connectivity index (χ0v) is 11.8. The molecule has 116 valence electrons. The Hall–Kier alpha value is -1.69. The van der Waals surface area contributed by atoms with E-state index in [-0.39, 0.29) is 37.1 Å². The molecule has 1 heterocycles. The maximum absolute atomic E-state index is 13.4. The van der Waals surface area contributed by atoms with Gasteiger partial charge in [-0.25, -0.2) is 13.6 Å². The second-order valence-corrected chi connectivity index (χ2v) is 5.35. The SMILES string of the molecule is O=C(NCCc1cc(F)ccc1F)N1CCC[C@@H](CO)C1. The van der Waals surface area contributed by atoms with E-state index in [0.29, 0.717) is 13.1 Å². The maximum atomic E-state index is 13.4. The summed E-state index contributed by atoms with van der Waals surface area (Å²) in [6.07, 6.45) is 2.04. The molecule has 2 amide bonds. The Morgan fingerprint density at radius 3 is 3.00 bits per heavy atom. The first-order valence-corrected chi connectivity index (χ1v) is 7.17. The molecule has 1 aromatic carbocycles. The number of amides is 2. The Morgan fingerprint density at radius 2 is 2.24 bits per heavy atom. The standard InChI is InChI=1S/C15H20F2N2O2/c16-13-3-4-14(17)12(8-13)5-6-18-15(21)19-7-1-2-11(9-19)10-20/h3-4,8,11,20H,1-2,5-7,9-10H2,(H,18,21)/t11-/m1/s1. The predicted molar refractivity (Wildman–Crippen MR) is 74.8 cm³/mol. The summed E-state index contributed by atoms with van der Waals surface area (Å²) in [6.45, 7) is 1.53. The number of nitrogens with one attached hydrogen (secondary N) is 1. The monoisotopic (exact) mass is 298 g/mol. The number of hydrogen-bond donors (Lipinski definition) is 2. The molecule has 2 rings (SSSR count). The molecule has 21 heavy (non-hydrogen) atoms. The number of aliphatic hydroxyl groups is 1. The van der Waals surface area contributed by atoms with Crippen LogP contribution in [0.4, 0.5) is 13.6 Å². The molecular weight excluding hydrogens is 278 g/mol. The topological polar surface area (TPSA) is 52.6 Å². The first-order valence-electron chi connectivity index (χ1n) is 7.17. The van der Waals surface area contributed by atoms with E-state index in [2.05, 4.69) is 5.32 Å². The number of piperidine rings is 1. The number of nitrogens with zero attached hydrogens (tertiary/aromatic N) is 1. The lowest BCUT2D eigenvalue weighted by Gasteiger charge is -2.31. The number of hydrogen-bond acceptors (Lipinski definition) is 2. The Bertz CT molecular complexity index is 497. The van der Waals surface area contributed by atoms with E-state index in [4.69, 9.17) is 5.11 Å². The number of urea groups is 1. The first kappa shape index (κ1) is 15.7. The molecule has 0 bridgehead atoms. The van der Waals surface area contributed by atoms with Crippen LogP contribution in [0.3, 0.4) is 0 Å². The number of carbonyl (C=O) groups is 1. The highest BCUT2D eigenvalue weighted by Crippen LogP contribution is 2.15. The minimum atomic E-state index is -0.487. The average Bonchev–Trinajstić information content (AvgIpc) is 2.50. The van der Waals surface area contributed by atoms with Gasteiger partial charge in [-0.2, -0.15) is 0 Å². The first-order chi connectivity index (χ1) is 10.1. The van der Waals surface area contributed by atoms with Crippen LogP contribution in [0.15, 0.2) is 18.2 Å². The van der Waals surface area contributed by atoms with Gasteiger partial charge in [-0.1, -0.05) is 0 Å². The quantitative estimate of drug-likeness (QED) is 0.892. The van der Waals surface area contributed by atoms with Gasteiger partial charge in [-0.3, -0.25) is 0 Å². The third kappa shape index (κ3) is 4.39. The molecule has 1 aliphatic rings. The fourth-order valence-electron chi connectivity index (χ4n) is 2.55. The van der Waals surface area contributed by atoms with Crippen LogP contribution in [0, 0.1) is 17.6 Å². The third-order valence-electron chi connectivity index (χ3n) is 3.74. The minimum absolute atomic E-state index is 0.0816. The molecular formula is C15H20F2N2O2. The molecule has 0 radical (unpaired) electrons. The van der Waals surface area contributed by atoms with E-state index >= 15 is 0 Å². The summed E-state index contributed by atoms with van der Waals surface area (Å²) in [6, 6.07) is 3.08. The third-order valence-corrected chi connectivity index (χ3v) is 3.74. The largest absolute Gasteiger partial charge is 0.396 e. The zero-order chi connectivity index (χ0) is 15.2. The van der Waals surface area contributed by atoms with Crippen LogP contribution in [0.25, 0.3) is 0 Å². The summed E-state index contributed by atoms with van der Waals surface area (Å²) in [4.78, 5) is 13.6. The van der Waals surface area contributed by atoms with Gasteiger partial charge in [0.2, 0.25) is 0 Å². The molecule has 6 heteroatoms. The summed E-state index contributed by atoms with van der Waals surface area (Å²) in [5.41, 5.74) is 0.252. The van der Waals surface area contributed by atoms with Crippen molar-refractivity contribution in [2.75, 3.05) is 26.2 Å². The summed E-state index contributed by atoms with van der Waals surface area (Å²) < 4.78 is 26.4. The van der Waals surface area contributed by atoms with Crippen LogP contribution in [-0.4, -0.2) is 42.3 Å². The lowest BCUT2D eigenvalue weighted by atomic mass is 9.99. The maximum Gasteiger partial charge on any atom is 0.317 e. The smallest absolute Gasteiger partial charge is 0.317 e. The molecule has 1 atom stereocenters. The van der Waals surface area contributed by atoms with Gasteiger partial charge in [0, 0.05) is 26.2 Å². The number of rotatable bonds is 4. The summed E-state index contributed by atoms with van der Waals surface area (Å²) >= 11 is 0. The van der Waals surface area contributed by atoms with Crippen molar-refractivity contribution >= 4 is 6.03 Å². The van der Waals surface area contributed by atoms with Crippen LogP contribution in [0.1, 0.15) is 18.4 Å². The van der Waals surface area contributed by atoms with Crippen molar-refractivity contribution in [3.8, 4) is 0 Å². The van der Waals surface area contributed by atoms with E-state index < -0.39 is 11.6 Å². The number of aliphatic hydroxyl groups excluding tert-OH is 1. The molecule has 1 aliphatic heterocycles. The van der Waals surface area contributed by atoms with E-state index in [1.54, 1.807) is 4.90 Å². The number of likely N-dealkylation sites (tertiary alicyclic amines) is 1. The Labute approximate surface area is 122 Å². The van der Waals surface area contributed by atoms with Crippen molar-refractivity contribution in [1.29, 1.82) is 0 Å². The van der Waals surface area contributed by atoms with Gasteiger partial charge in [-0.15, -0.1) is 0 Å². The number of carbonyl (C=O) groups excluding carboxylic acids is 1. The Kier molecular flexibility index (Phi) is 5.50. The molecule has 1 aromatic rings. The van der Waals surface area contributed by atoms with Crippen LogP contribution >= 0.6 is 0 Å². The van der Waals surface area contributed by atoms with Crippen molar-refractivity contribution in [3.63, 3.8) is 0 Å². The lowest BCUT2D eigenvalue weighted by Crippen LogP contribution is -2.46. The molecule has 0 unspecified atom stereocenters. The van der Waals surface area contributed by atoms with E-state index in [9.17, 15) is 13.6 Å². The molecule has 2 N–H and O–H groups in total. The second-order valence-electron chi connectivity index (χ2n) is 5.35. The van der Waals surface area contributed by atoms with Crippen molar-refractivity contribution in [2.45, 2.75) is 19.3 Å². The molecule has 0 spiro atoms. The van der Waals surface area contributed by atoms with Gasteiger partial charge < -0.3 is 15.3 Å². The number of benzene rings is 1. The summed E-state index contributed by atoms with van der Waals surface area (Å²) in [7, 11) is 0. The van der Waals surface area contributed by atoms with Crippen LogP contribution < -0.4 is 5.32 Å². The Balaban J connectivity index is 1.80. The normalized spacial score (nSPS) is 18.6. The van der Waals surface area contributed by atoms with Crippen LogP contribution in [-0.2, 0) is 6.42 Å². The highest BCUT2D eigenvalue weighted by molar-refractivity contribution is 5.74. The molecule has 4 nitrogen and oxygen atoms in total. The summed E-state index contributed by atoms with van der Waals surface area (Å²) in [5, 5.41) is 11.8.